The third kappa shape index (κ3) is 2.51. The lowest BCUT2D eigenvalue weighted by atomic mass is 10.1. The van der Waals surface area contributed by atoms with Crippen molar-refractivity contribution in [3.63, 3.8) is 0 Å². The molecule has 1 saturated heterocycles. The van der Waals surface area contributed by atoms with Gasteiger partial charge >= 0.3 is 11.9 Å². The maximum Gasteiger partial charge on any atom is 0.361 e. The highest BCUT2D eigenvalue weighted by Gasteiger charge is 2.41. The number of carbonyl (C=O) groups is 2. The normalized spacial score (nSPS) is 23.4. The Morgan fingerprint density at radius 2 is 2.00 bits per heavy atom. The number of ether oxygens (including phenoxy) is 1. The largest absolute Gasteiger partial charge is 0.386 e. The molecule has 5 nitrogen and oxygen atoms in total. The van der Waals surface area contributed by atoms with Gasteiger partial charge in [-0.2, -0.15) is 0 Å². The first-order valence-electron chi connectivity index (χ1n) is 5.41. The SMILES string of the molecule is O=C(OC(=O)[C@]1(O)CCCN1)c1ccccc1. The van der Waals surface area contributed by atoms with E-state index < -0.39 is 17.7 Å². The summed E-state index contributed by atoms with van der Waals surface area (Å²) in [4.78, 5) is 23.2. The monoisotopic (exact) mass is 235 g/mol. The van der Waals surface area contributed by atoms with Crippen LogP contribution < -0.4 is 5.32 Å². The van der Waals surface area contributed by atoms with Crippen LogP contribution in [0.15, 0.2) is 30.3 Å². The highest BCUT2D eigenvalue weighted by atomic mass is 16.6. The Bertz CT molecular complexity index is 423. The first kappa shape index (κ1) is 11.8. The number of esters is 2. The average molecular weight is 235 g/mol. The van der Waals surface area contributed by atoms with E-state index in [1.54, 1.807) is 30.3 Å². The molecule has 1 heterocycles. The van der Waals surface area contributed by atoms with Gasteiger partial charge in [0, 0.05) is 6.42 Å². The van der Waals surface area contributed by atoms with Gasteiger partial charge in [-0.25, -0.2) is 9.59 Å². The molecule has 90 valence electrons. The van der Waals surface area contributed by atoms with E-state index in [1.165, 1.54) is 0 Å². The van der Waals surface area contributed by atoms with Gasteiger partial charge in [-0.05, 0) is 25.1 Å². The molecule has 1 aliphatic rings. The molecular weight excluding hydrogens is 222 g/mol. The molecule has 1 fully saturated rings. The summed E-state index contributed by atoms with van der Waals surface area (Å²) in [5.41, 5.74) is -1.44. The lowest BCUT2D eigenvalue weighted by Crippen LogP contribution is -2.49. The minimum absolute atomic E-state index is 0.258. The quantitative estimate of drug-likeness (QED) is 0.574. The molecule has 0 bridgehead atoms. The minimum atomic E-state index is -1.72. The molecule has 17 heavy (non-hydrogen) atoms. The lowest BCUT2D eigenvalue weighted by molar-refractivity contribution is -0.160. The molecule has 0 saturated carbocycles. The van der Waals surface area contributed by atoms with Gasteiger partial charge in [-0.15, -0.1) is 0 Å². The van der Waals surface area contributed by atoms with Crippen LogP contribution in [0.3, 0.4) is 0 Å². The van der Waals surface area contributed by atoms with E-state index in [0.29, 0.717) is 13.0 Å². The van der Waals surface area contributed by atoms with Crippen LogP contribution in [0.25, 0.3) is 0 Å². The number of aliphatic hydroxyl groups is 1. The van der Waals surface area contributed by atoms with Gasteiger partial charge < -0.3 is 9.84 Å². The summed E-state index contributed by atoms with van der Waals surface area (Å²) in [5.74, 6) is -1.69. The highest BCUT2D eigenvalue weighted by molar-refractivity contribution is 5.98. The first-order chi connectivity index (χ1) is 8.12. The molecule has 5 heteroatoms. The third-order valence-corrected chi connectivity index (χ3v) is 2.67. The van der Waals surface area contributed by atoms with Crippen LogP contribution in [0.2, 0.25) is 0 Å². The van der Waals surface area contributed by atoms with E-state index >= 15 is 0 Å². The minimum Gasteiger partial charge on any atom is -0.386 e. The van der Waals surface area contributed by atoms with Crippen LogP contribution in [0.5, 0.6) is 0 Å². The van der Waals surface area contributed by atoms with Crippen LogP contribution in [-0.2, 0) is 9.53 Å². The Hall–Kier alpha value is -1.72. The molecule has 0 radical (unpaired) electrons. The van der Waals surface area contributed by atoms with Gasteiger partial charge in [0.1, 0.15) is 0 Å². The molecule has 1 aliphatic heterocycles. The molecular formula is C12H13NO4. The van der Waals surface area contributed by atoms with Crippen LogP contribution >= 0.6 is 0 Å². The second-order valence-corrected chi connectivity index (χ2v) is 3.93. The Morgan fingerprint density at radius 1 is 1.29 bits per heavy atom. The molecule has 1 atom stereocenters. The Morgan fingerprint density at radius 3 is 2.59 bits per heavy atom. The van der Waals surface area contributed by atoms with Crippen molar-refractivity contribution in [1.82, 2.24) is 5.32 Å². The molecule has 1 aromatic rings. The number of rotatable bonds is 2. The predicted octanol–water partition coefficient (Wildman–Crippen LogP) is 0.442. The summed E-state index contributed by atoms with van der Waals surface area (Å²) in [5, 5.41) is 12.4. The molecule has 1 aromatic carbocycles. The second-order valence-electron chi connectivity index (χ2n) is 3.93. The van der Waals surface area contributed by atoms with Gasteiger partial charge in [0.25, 0.3) is 0 Å². The molecule has 0 amide bonds. The lowest BCUT2D eigenvalue weighted by Gasteiger charge is -2.19. The molecule has 2 rings (SSSR count). The van der Waals surface area contributed by atoms with E-state index in [1.807, 2.05) is 0 Å². The zero-order valence-corrected chi connectivity index (χ0v) is 9.18. The fraction of sp³-hybridized carbons (Fsp3) is 0.333. The summed E-state index contributed by atoms with van der Waals surface area (Å²) >= 11 is 0. The van der Waals surface area contributed by atoms with Crippen molar-refractivity contribution >= 4 is 11.9 Å². The molecule has 0 aliphatic carbocycles. The summed E-state index contributed by atoms with van der Waals surface area (Å²) in [6.07, 6.45) is 0.930. The van der Waals surface area contributed by atoms with Gasteiger partial charge in [0.2, 0.25) is 5.72 Å². The van der Waals surface area contributed by atoms with Crippen LogP contribution in [-0.4, -0.2) is 29.3 Å². The molecule has 0 unspecified atom stereocenters. The molecule has 2 N–H and O–H groups in total. The van der Waals surface area contributed by atoms with Gasteiger partial charge in [-0.1, -0.05) is 18.2 Å². The Labute approximate surface area is 98.4 Å². The van der Waals surface area contributed by atoms with Gasteiger partial charge in [0.15, 0.2) is 0 Å². The summed E-state index contributed by atoms with van der Waals surface area (Å²) in [6.45, 7) is 0.533. The Kier molecular flexibility index (Phi) is 3.21. The van der Waals surface area contributed by atoms with Crippen LogP contribution in [0.1, 0.15) is 23.2 Å². The third-order valence-electron chi connectivity index (χ3n) is 2.67. The maximum atomic E-state index is 11.6. The van der Waals surface area contributed by atoms with Gasteiger partial charge in [0.05, 0.1) is 5.56 Å². The summed E-state index contributed by atoms with van der Waals surface area (Å²) in [6, 6.07) is 8.18. The number of hydrogen-bond donors (Lipinski definition) is 2. The van der Waals surface area contributed by atoms with Crippen LogP contribution in [0.4, 0.5) is 0 Å². The smallest absolute Gasteiger partial charge is 0.361 e. The fourth-order valence-electron chi connectivity index (χ4n) is 1.70. The number of hydrogen-bond acceptors (Lipinski definition) is 5. The maximum absolute atomic E-state index is 11.6. The van der Waals surface area contributed by atoms with E-state index in [2.05, 4.69) is 10.1 Å². The predicted molar refractivity (Wildman–Crippen MR) is 59.1 cm³/mol. The van der Waals surface area contributed by atoms with E-state index in [4.69, 9.17) is 0 Å². The first-order valence-corrected chi connectivity index (χ1v) is 5.41. The van der Waals surface area contributed by atoms with Crippen molar-refractivity contribution in [2.45, 2.75) is 18.6 Å². The van der Waals surface area contributed by atoms with Crippen molar-refractivity contribution in [1.29, 1.82) is 0 Å². The van der Waals surface area contributed by atoms with Crippen molar-refractivity contribution in [3.05, 3.63) is 35.9 Å². The number of benzene rings is 1. The standard InChI is InChI=1S/C12H13NO4/c14-10(9-5-2-1-3-6-9)17-11(15)12(16)7-4-8-13-12/h1-3,5-6,13,16H,4,7-8H2/t12-/m1/s1. The van der Waals surface area contributed by atoms with E-state index in [9.17, 15) is 14.7 Å². The van der Waals surface area contributed by atoms with Crippen molar-refractivity contribution in [2.24, 2.45) is 0 Å². The van der Waals surface area contributed by atoms with Crippen molar-refractivity contribution in [3.8, 4) is 0 Å². The van der Waals surface area contributed by atoms with E-state index in [0.717, 1.165) is 0 Å². The summed E-state index contributed by atoms with van der Waals surface area (Å²) in [7, 11) is 0. The number of carbonyl (C=O) groups excluding carboxylic acids is 2. The average Bonchev–Trinajstić information content (AvgIpc) is 2.78. The molecule has 0 spiro atoms. The fourth-order valence-corrected chi connectivity index (χ4v) is 1.70. The highest BCUT2D eigenvalue weighted by Crippen LogP contribution is 2.18. The zero-order chi connectivity index (χ0) is 12.3. The number of nitrogens with one attached hydrogen (secondary N) is 1. The van der Waals surface area contributed by atoms with Crippen molar-refractivity contribution in [2.75, 3.05) is 6.54 Å². The van der Waals surface area contributed by atoms with E-state index in [-0.39, 0.29) is 12.0 Å². The Balaban J connectivity index is 2.02. The zero-order valence-electron chi connectivity index (χ0n) is 9.18. The topological polar surface area (TPSA) is 75.6 Å². The van der Waals surface area contributed by atoms with Gasteiger partial charge in [-0.3, -0.25) is 5.32 Å². The van der Waals surface area contributed by atoms with Crippen LogP contribution in [0, 0.1) is 0 Å². The second kappa shape index (κ2) is 4.65. The molecule has 0 aromatic heterocycles. The van der Waals surface area contributed by atoms with Crippen molar-refractivity contribution < 1.29 is 19.4 Å². The summed E-state index contributed by atoms with van der Waals surface area (Å²) < 4.78 is 4.63.